The summed E-state index contributed by atoms with van der Waals surface area (Å²) in [5, 5.41) is 3.98. The van der Waals surface area contributed by atoms with Gasteiger partial charge in [-0.15, -0.1) is 0 Å². The number of carbonyl (C=O) groups excluding carboxylic acids is 1. The van der Waals surface area contributed by atoms with E-state index in [4.69, 9.17) is 10.3 Å². The van der Waals surface area contributed by atoms with Crippen LogP contribution in [0.3, 0.4) is 0 Å². The van der Waals surface area contributed by atoms with E-state index in [9.17, 15) is 9.18 Å². The van der Waals surface area contributed by atoms with E-state index in [-0.39, 0.29) is 6.54 Å². The van der Waals surface area contributed by atoms with Gasteiger partial charge in [0.25, 0.3) is 0 Å². The van der Waals surface area contributed by atoms with Gasteiger partial charge in [0.05, 0.1) is 31.5 Å². The van der Waals surface area contributed by atoms with Gasteiger partial charge in [-0.2, -0.15) is 0 Å². The SMILES string of the molecule is COC(=O)c1cn(Cc2cccc(CN=[N+]=[N-])n2)c2ccc(F)cc12. The Kier molecular flexibility index (Phi) is 4.63. The number of hydrogen-bond acceptors (Lipinski definition) is 4. The summed E-state index contributed by atoms with van der Waals surface area (Å²) in [5.74, 6) is -0.954. The van der Waals surface area contributed by atoms with Crippen molar-refractivity contribution in [3.8, 4) is 0 Å². The Balaban J connectivity index is 2.02. The number of carbonyl (C=O) groups is 1. The number of benzene rings is 1. The second-order valence-corrected chi connectivity index (χ2v) is 5.33. The summed E-state index contributed by atoms with van der Waals surface area (Å²) in [6.45, 7) is 0.540. The number of methoxy groups -OCH3 is 1. The van der Waals surface area contributed by atoms with E-state index < -0.39 is 11.8 Å². The Labute approximate surface area is 142 Å². The predicted octanol–water partition coefficient (Wildman–Crippen LogP) is 3.82. The minimum Gasteiger partial charge on any atom is -0.465 e. The molecule has 0 aliphatic rings. The Hall–Kier alpha value is -3.38. The molecule has 0 bridgehead atoms. The van der Waals surface area contributed by atoms with Crippen molar-refractivity contribution < 1.29 is 13.9 Å². The third kappa shape index (κ3) is 3.44. The molecule has 0 saturated heterocycles. The summed E-state index contributed by atoms with van der Waals surface area (Å²) in [6.07, 6.45) is 1.62. The van der Waals surface area contributed by atoms with Gasteiger partial charge in [0.15, 0.2) is 0 Å². The minimum absolute atomic E-state index is 0.162. The highest BCUT2D eigenvalue weighted by Crippen LogP contribution is 2.24. The molecular formula is C17H14FN5O2. The van der Waals surface area contributed by atoms with Crippen LogP contribution in [0.2, 0.25) is 0 Å². The van der Waals surface area contributed by atoms with Crippen molar-refractivity contribution in [1.82, 2.24) is 9.55 Å². The van der Waals surface area contributed by atoms with Crippen molar-refractivity contribution in [1.29, 1.82) is 0 Å². The van der Waals surface area contributed by atoms with Crippen molar-refractivity contribution in [3.63, 3.8) is 0 Å². The van der Waals surface area contributed by atoms with Crippen LogP contribution in [-0.4, -0.2) is 22.6 Å². The van der Waals surface area contributed by atoms with Crippen molar-refractivity contribution in [2.75, 3.05) is 7.11 Å². The van der Waals surface area contributed by atoms with Crippen molar-refractivity contribution in [2.45, 2.75) is 13.1 Å². The van der Waals surface area contributed by atoms with Crippen LogP contribution >= 0.6 is 0 Å². The van der Waals surface area contributed by atoms with E-state index in [1.807, 2.05) is 12.1 Å². The van der Waals surface area contributed by atoms with Crippen LogP contribution in [0.1, 0.15) is 21.7 Å². The maximum Gasteiger partial charge on any atom is 0.340 e. The summed E-state index contributed by atoms with van der Waals surface area (Å²) in [7, 11) is 1.28. The lowest BCUT2D eigenvalue weighted by atomic mass is 10.2. The highest BCUT2D eigenvalue weighted by Gasteiger charge is 2.16. The number of esters is 1. The first-order valence-electron chi connectivity index (χ1n) is 7.44. The molecule has 8 heteroatoms. The molecule has 1 aromatic carbocycles. The van der Waals surface area contributed by atoms with Gasteiger partial charge < -0.3 is 9.30 Å². The molecule has 0 saturated carbocycles. The molecule has 0 atom stereocenters. The standard InChI is InChI=1S/C17H14FN5O2/c1-25-17(24)15-10-23(16-6-5-11(18)7-14(15)16)9-13-4-2-3-12(21-13)8-20-22-19/h2-7,10H,8-9H2,1H3. The van der Waals surface area contributed by atoms with Crippen LogP contribution in [0.5, 0.6) is 0 Å². The lowest BCUT2D eigenvalue weighted by molar-refractivity contribution is 0.0602. The topological polar surface area (TPSA) is 92.9 Å². The molecule has 2 heterocycles. The van der Waals surface area contributed by atoms with Crippen molar-refractivity contribution in [3.05, 3.63) is 75.8 Å². The molecule has 25 heavy (non-hydrogen) atoms. The highest BCUT2D eigenvalue weighted by atomic mass is 19.1. The molecule has 7 nitrogen and oxygen atoms in total. The fourth-order valence-corrected chi connectivity index (χ4v) is 2.66. The van der Waals surface area contributed by atoms with Crippen LogP contribution in [0.15, 0.2) is 47.7 Å². The number of ether oxygens (including phenoxy) is 1. The minimum atomic E-state index is -0.528. The number of hydrogen-bond donors (Lipinski definition) is 0. The fourth-order valence-electron chi connectivity index (χ4n) is 2.66. The number of fused-ring (bicyclic) bond motifs is 1. The van der Waals surface area contributed by atoms with Gasteiger partial charge in [0, 0.05) is 27.7 Å². The Morgan fingerprint density at radius 1 is 1.36 bits per heavy atom. The molecule has 126 valence electrons. The monoisotopic (exact) mass is 339 g/mol. The Morgan fingerprint density at radius 3 is 2.92 bits per heavy atom. The molecule has 0 aliphatic carbocycles. The molecule has 0 spiro atoms. The molecule has 0 amide bonds. The maximum absolute atomic E-state index is 13.6. The molecule has 0 unspecified atom stereocenters. The van der Waals surface area contributed by atoms with E-state index >= 15 is 0 Å². The quantitative estimate of drug-likeness (QED) is 0.306. The van der Waals surface area contributed by atoms with Gasteiger partial charge >= 0.3 is 5.97 Å². The zero-order valence-corrected chi connectivity index (χ0v) is 13.4. The summed E-state index contributed by atoms with van der Waals surface area (Å²) >= 11 is 0. The highest BCUT2D eigenvalue weighted by molar-refractivity contribution is 6.04. The van der Waals surface area contributed by atoms with E-state index in [1.54, 1.807) is 22.9 Å². The molecule has 3 aromatic rings. The van der Waals surface area contributed by atoms with Gasteiger partial charge in [-0.1, -0.05) is 11.2 Å². The molecule has 3 rings (SSSR count). The number of rotatable bonds is 5. The summed E-state index contributed by atoms with van der Waals surface area (Å²) < 4.78 is 20.2. The summed E-state index contributed by atoms with van der Waals surface area (Å²) in [6, 6.07) is 9.67. The Morgan fingerprint density at radius 2 is 2.16 bits per heavy atom. The molecule has 0 fully saturated rings. The van der Waals surface area contributed by atoms with Gasteiger partial charge in [0.2, 0.25) is 0 Å². The molecule has 0 aliphatic heterocycles. The summed E-state index contributed by atoms with van der Waals surface area (Å²) in [4.78, 5) is 19.1. The molecule has 2 aromatic heterocycles. The number of azide groups is 1. The zero-order chi connectivity index (χ0) is 17.8. The second-order valence-electron chi connectivity index (χ2n) is 5.33. The molecule has 0 radical (unpaired) electrons. The second kappa shape index (κ2) is 7.02. The smallest absolute Gasteiger partial charge is 0.340 e. The van der Waals surface area contributed by atoms with Crippen LogP contribution in [0, 0.1) is 5.82 Å². The van der Waals surface area contributed by atoms with Gasteiger partial charge in [-0.25, -0.2) is 9.18 Å². The van der Waals surface area contributed by atoms with Crippen LogP contribution in [-0.2, 0) is 17.8 Å². The first-order chi connectivity index (χ1) is 12.1. The molecule has 0 N–H and O–H groups in total. The largest absolute Gasteiger partial charge is 0.465 e. The van der Waals surface area contributed by atoms with Gasteiger partial charge in [-0.3, -0.25) is 4.98 Å². The van der Waals surface area contributed by atoms with E-state index in [0.717, 1.165) is 5.69 Å². The third-order valence-corrected chi connectivity index (χ3v) is 3.74. The van der Waals surface area contributed by atoms with Gasteiger partial charge in [-0.05, 0) is 35.9 Å². The number of nitrogens with zero attached hydrogens (tertiary/aromatic N) is 5. The predicted molar refractivity (Wildman–Crippen MR) is 89.4 cm³/mol. The normalized spacial score (nSPS) is 10.5. The number of halogens is 1. The van der Waals surface area contributed by atoms with Crippen molar-refractivity contribution >= 4 is 16.9 Å². The fraction of sp³-hybridized carbons (Fsp3) is 0.176. The van der Waals surface area contributed by atoms with E-state index in [0.29, 0.717) is 28.7 Å². The first-order valence-corrected chi connectivity index (χ1v) is 7.44. The average Bonchev–Trinajstić information content (AvgIpc) is 2.97. The lowest BCUT2D eigenvalue weighted by Crippen LogP contribution is -2.03. The summed E-state index contributed by atoms with van der Waals surface area (Å²) in [5.41, 5.74) is 10.8. The first kappa shape index (κ1) is 16.5. The zero-order valence-electron chi connectivity index (χ0n) is 13.4. The number of aromatic nitrogens is 2. The van der Waals surface area contributed by atoms with Crippen molar-refractivity contribution in [2.24, 2.45) is 5.11 Å². The van der Waals surface area contributed by atoms with E-state index in [1.165, 1.54) is 19.2 Å². The van der Waals surface area contributed by atoms with Gasteiger partial charge in [0.1, 0.15) is 5.82 Å². The van der Waals surface area contributed by atoms with E-state index in [2.05, 4.69) is 15.0 Å². The lowest BCUT2D eigenvalue weighted by Gasteiger charge is -2.06. The van der Waals surface area contributed by atoms with Crippen LogP contribution in [0.4, 0.5) is 4.39 Å². The number of pyridine rings is 1. The Bertz CT molecular complexity index is 992. The van der Waals surface area contributed by atoms with Crippen LogP contribution in [0.25, 0.3) is 21.3 Å². The average molecular weight is 339 g/mol. The maximum atomic E-state index is 13.6. The molecular weight excluding hydrogens is 325 g/mol. The third-order valence-electron chi connectivity index (χ3n) is 3.74. The van der Waals surface area contributed by atoms with Crippen LogP contribution < -0.4 is 0 Å².